The first-order valence-electron chi connectivity index (χ1n) is 8.49. The summed E-state index contributed by atoms with van der Waals surface area (Å²) in [5, 5.41) is 0. The zero-order chi connectivity index (χ0) is 17.6. The number of carbonyl (C=O) groups is 1. The molecule has 0 bridgehead atoms. The Bertz CT molecular complexity index is 747. The van der Waals surface area contributed by atoms with E-state index in [1.54, 1.807) is 23.2 Å². The van der Waals surface area contributed by atoms with E-state index < -0.39 is 0 Å². The van der Waals surface area contributed by atoms with Crippen LogP contribution >= 0.6 is 0 Å². The highest BCUT2D eigenvalue weighted by molar-refractivity contribution is 5.82. The molecule has 0 spiro atoms. The largest absolute Gasteiger partial charge is 0.450 e. The van der Waals surface area contributed by atoms with Crippen LogP contribution in [0.5, 0.6) is 0 Å². The zero-order valence-corrected chi connectivity index (χ0v) is 14.2. The maximum Gasteiger partial charge on any atom is 0.409 e. The number of piperidine rings is 1. The molecule has 1 amide bonds. The number of benzene rings is 1. The topological polar surface area (TPSA) is 42.4 Å². The molecule has 0 N–H and O–H groups in total. The highest BCUT2D eigenvalue weighted by atomic mass is 19.1. The molecule has 3 rings (SSSR count). The third kappa shape index (κ3) is 4.05. The Morgan fingerprint density at radius 2 is 1.88 bits per heavy atom. The average Bonchev–Trinajstić information content (AvgIpc) is 2.65. The van der Waals surface area contributed by atoms with Gasteiger partial charge in [-0.1, -0.05) is 23.8 Å². The second-order valence-corrected chi connectivity index (χ2v) is 5.91. The molecule has 0 radical (unpaired) electrons. The van der Waals surface area contributed by atoms with Gasteiger partial charge in [-0.25, -0.2) is 9.18 Å². The van der Waals surface area contributed by atoms with E-state index in [2.05, 4.69) is 4.98 Å². The molecule has 2 aromatic rings. The number of rotatable bonds is 3. The molecule has 1 saturated heterocycles. The van der Waals surface area contributed by atoms with Crippen molar-refractivity contribution in [3.63, 3.8) is 0 Å². The number of carbonyl (C=O) groups excluding carboxylic acids is 1. The lowest BCUT2D eigenvalue weighted by Crippen LogP contribution is -2.37. The molecule has 0 aliphatic carbocycles. The molecule has 5 heteroatoms. The van der Waals surface area contributed by atoms with E-state index in [1.165, 1.54) is 17.7 Å². The number of nitrogens with zero attached hydrogens (tertiary/aromatic N) is 2. The van der Waals surface area contributed by atoms with E-state index in [-0.39, 0.29) is 11.9 Å². The number of hydrogen-bond donors (Lipinski definition) is 0. The first kappa shape index (κ1) is 17.1. The third-order valence-electron chi connectivity index (χ3n) is 4.33. The van der Waals surface area contributed by atoms with Gasteiger partial charge in [-0.15, -0.1) is 0 Å². The molecule has 1 aromatic carbocycles. The van der Waals surface area contributed by atoms with Crippen LogP contribution in [0.25, 0.3) is 5.57 Å². The van der Waals surface area contributed by atoms with Gasteiger partial charge in [0.15, 0.2) is 0 Å². The quantitative estimate of drug-likeness (QED) is 0.838. The fourth-order valence-corrected chi connectivity index (χ4v) is 3.13. The number of ether oxygens (including phenoxy) is 1. The third-order valence-corrected chi connectivity index (χ3v) is 4.33. The molecule has 1 fully saturated rings. The van der Waals surface area contributed by atoms with Gasteiger partial charge in [0.2, 0.25) is 0 Å². The second kappa shape index (κ2) is 7.92. The van der Waals surface area contributed by atoms with Gasteiger partial charge in [-0.2, -0.15) is 0 Å². The number of likely N-dealkylation sites (tertiary alicyclic amines) is 1. The van der Waals surface area contributed by atoms with E-state index in [0.29, 0.717) is 19.7 Å². The van der Waals surface area contributed by atoms with Gasteiger partial charge in [0.25, 0.3) is 0 Å². The van der Waals surface area contributed by atoms with Gasteiger partial charge in [-0.3, -0.25) is 4.98 Å². The number of amides is 1. The molecule has 0 saturated carbocycles. The second-order valence-electron chi connectivity index (χ2n) is 5.91. The zero-order valence-electron chi connectivity index (χ0n) is 14.2. The van der Waals surface area contributed by atoms with Crippen molar-refractivity contribution in [3.05, 3.63) is 71.3 Å². The van der Waals surface area contributed by atoms with Crippen molar-refractivity contribution < 1.29 is 13.9 Å². The lowest BCUT2D eigenvalue weighted by molar-refractivity contribution is 0.104. The Morgan fingerprint density at radius 3 is 2.48 bits per heavy atom. The first-order valence-corrected chi connectivity index (χ1v) is 8.49. The van der Waals surface area contributed by atoms with Crippen LogP contribution in [0.15, 0.2) is 54.4 Å². The number of pyridine rings is 1. The number of hydrogen-bond acceptors (Lipinski definition) is 3. The molecule has 0 unspecified atom stereocenters. The minimum atomic E-state index is -0.258. The van der Waals surface area contributed by atoms with E-state index in [0.717, 1.165) is 29.5 Å². The van der Waals surface area contributed by atoms with Crippen LogP contribution in [0.1, 0.15) is 30.9 Å². The summed E-state index contributed by atoms with van der Waals surface area (Å²) in [6, 6.07) is 10.4. The smallest absolute Gasteiger partial charge is 0.409 e. The SMILES string of the molecule is CCOC(=O)N1CCC(=C(c2ccc(F)cc2)c2cccnc2)CC1. The van der Waals surface area contributed by atoms with Crippen LogP contribution in [0, 0.1) is 5.82 Å². The summed E-state index contributed by atoms with van der Waals surface area (Å²) in [4.78, 5) is 17.8. The summed E-state index contributed by atoms with van der Waals surface area (Å²) < 4.78 is 18.4. The van der Waals surface area contributed by atoms with Crippen molar-refractivity contribution >= 4 is 11.7 Å². The fourth-order valence-electron chi connectivity index (χ4n) is 3.13. The van der Waals surface area contributed by atoms with Crippen molar-refractivity contribution in [2.45, 2.75) is 19.8 Å². The molecule has 1 aliphatic rings. The van der Waals surface area contributed by atoms with Crippen LogP contribution < -0.4 is 0 Å². The van der Waals surface area contributed by atoms with Crippen molar-refractivity contribution in [3.8, 4) is 0 Å². The predicted molar refractivity (Wildman–Crippen MR) is 94.5 cm³/mol. The van der Waals surface area contributed by atoms with Gasteiger partial charge in [0.05, 0.1) is 6.61 Å². The maximum atomic E-state index is 13.3. The maximum absolute atomic E-state index is 13.3. The Morgan fingerprint density at radius 1 is 1.16 bits per heavy atom. The standard InChI is InChI=1S/C20H21FN2O2/c1-2-25-20(24)23-12-9-16(10-13-23)19(17-4-3-11-22-14-17)15-5-7-18(21)8-6-15/h3-8,11,14H,2,9-10,12-13H2,1H3. The molecular formula is C20H21FN2O2. The molecular weight excluding hydrogens is 319 g/mol. The van der Waals surface area contributed by atoms with Crippen LogP contribution in [-0.4, -0.2) is 35.7 Å². The van der Waals surface area contributed by atoms with E-state index in [9.17, 15) is 9.18 Å². The highest BCUT2D eigenvalue weighted by Gasteiger charge is 2.23. The van der Waals surface area contributed by atoms with Crippen molar-refractivity contribution in [1.82, 2.24) is 9.88 Å². The van der Waals surface area contributed by atoms with Crippen LogP contribution in [-0.2, 0) is 4.74 Å². The van der Waals surface area contributed by atoms with E-state index >= 15 is 0 Å². The summed E-state index contributed by atoms with van der Waals surface area (Å²) in [5.41, 5.74) is 4.31. The van der Waals surface area contributed by atoms with Gasteiger partial charge in [-0.05, 0) is 49.1 Å². The molecule has 0 atom stereocenters. The molecule has 2 heterocycles. The normalized spacial score (nSPS) is 14.3. The van der Waals surface area contributed by atoms with Gasteiger partial charge < -0.3 is 9.64 Å². The summed E-state index contributed by atoms with van der Waals surface area (Å²) in [7, 11) is 0. The summed E-state index contributed by atoms with van der Waals surface area (Å²) in [5.74, 6) is -0.253. The van der Waals surface area contributed by atoms with Crippen LogP contribution in [0.2, 0.25) is 0 Å². The van der Waals surface area contributed by atoms with Gasteiger partial charge in [0, 0.05) is 31.0 Å². The van der Waals surface area contributed by atoms with Crippen LogP contribution in [0.3, 0.4) is 0 Å². The van der Waals surface area contributed by atoms with E-state index in [1.807, 2.05) is 25.3 Å². The number of aromatic nitrogens is 1. The Balaban J connectivity index is 1.91. The highest BCUT2D eigenvalue weighted by Crippen LogP contribution is 2.32. The first-order chi connectivity index (χ1) is 12.2. The van der Waals surface area contributed by atoms with Crippen LogP contribution in [0.4, 0.5) is 9.18 Å². The van der Waals surface area contributed by atoms with Gasteiger partial charge in [0.1, 0.15) is 5.82 Å². The van der Waals surface area contributed by atoms with Crippen molar-refractivity contribution in [1.29, 1.82) is 0 Å². The van der Waals surface area contributed by atoms with Gasteiger partial charge >= 0.3 is 6.09 Å². The molecule has 130 valence electrons. The number of halogens is 1. The predicted octanol–water partition coefficient (Wildman–Crippen LogP) is 4.27. The minimum absolute atomic E-state index is 0.253. The summed E-state index contributed by atoms with van der Waals surface area (Å²) >= 11 is 0. The molecule has 25 heavy (non-hydrogen) atoms. The fraction of sp³-hybridized carbons (Fsp3) is 0.300. The Hall–Kier alpha value is -2.69. The van der Waals surface area contributed by atoms with E-state index in [4.69, 9.17) is 4.74 Å². The minimum Gasteiger partial charge on any atom is -0.450 e. The summed E-state index contributed by atoms with van der Waals surface area (Å²) in [6.45, 7) is 3.44. The monoisotopic (exact) mass is 340 g/mol. The van der Waals surface area contributed by atoms with Crippen molar-refractivity contribution in [2.75, 3.05) is 19.7 Å². The lowest BCUT2D eigenvalue weighted by Gasteiger charge is -2.29. The molecule has 1 aromatic heterocycles. The van der Waals surface area contributed by atoms with Crippen molar-refractivity contribution in [2.24, 2.45) is 0 Å². The Kier molecular flexibility index (Phi) is 5.43. The average molecular weight is 340 g/mol. The molecule has 4 nitrogen and oxygen atoms in total. The summed E-state index contributed by atoms with van der Waals surface area (Å²) in [6.07, 6.45) is 4.83. The Labute approximate surface area is 146 Å². The lowest BCUT2D eigenvalue weighted by atomic mass is 9.89. The molecule has 1 aliphatic heterocycles.